The Kier molecular flexibility index (Phi) is 13.0. The number of hydrogen-bond donors (Lipinski definition) is 7. The molecule has 1 amide bonds. The summed E-state index contributed by atoms with van der Waals surface area (Å²) in [6, 6.07) is 10.4. The number of amides is 1. The molecular formula is C41H56N4O10. The third kappa shape index (κ3) is 8.84. The van der Waals surface area contributed by atoms with E-state index in [1.807, 2.05) is 31.1 Å². The Morgan fingerprint density at radius 2 is 1.71 bits per heavy atom. The summed E-state index contributed by atoms with van der Waals surface area (Å²) in [5.74, 6) is -4.92. The van der Waals surface area contributed by atoms with Gasteiger partial charge in [0.1, 0.15) is 41.3 Å². The average molecular weight is 765 g/mol. The quantitative estimate of drug-likeness (QED) is 0.109. The van der Waals surface area contributed by atoms with Crippen molar-refractivity contribution in [2.45, 2.75) is 69.7 Å². The van der Waals surface area contributed by atoms with E-state index in [1.54, 1.807) is 20.2 Å². The van der Waals surface area contributed by atoms with Gasteiger partial charge in [-0.25, -0.2) is 0 Å². The van der Waals surface area contributed by atoms with E-state index in [-0.39, 0.29) is 29.7 Å². The highest BCUT2D eigenvalue weighted by Crippen LogP contribution is 2.53. The number of ketones is 2. The summed E-state index contributed by atoms with van der Waals surface area (Å²) in [4.78, 5) is 42.0. The summed E-state index contributed by atoms with van der Waals surface area (Å²) in [5.41, 5.74) is 4.40. The number of nitrogens with two attached hydrogens (primary N) is 1. The molecule has 4 aliphatic rings. The van der Waals surface area contributed by atoms with Crippen LogP contribution in [0.25, 0.3) is 5.76 Å². The number of phenolic OH excluding ortho intramolecular Hbond substituents is 1. The number of carbonyl (C=O) groups excluding carboxylic acids is 3. The summed E-state index contributed by atoms with van der Waals surface area (Å²) in [6.07, 6.45) is 3.45. The van der Waals surface area contributed by atoms with Gasteiger partial charge in [-0.3, -0.25) is 19.3 Å². The normalized spacial score (nSPS) is 23.9. The highest BCUT2D eigenvalue weighted by atomic mass is 16.5. The molecule has 1 unspecified atom stereocenters. The number of ether oxygens (including phenoxy) is 2. The van der Waals surface area contributed by atoms with E-state index in [1.165, 1.54) is 29.4 Å². The molecular weight excluding hydrogens is 708 g/mol. The minimum Gasteiger partial charge on any atom is -0.508 e. The SMILES string of the molecule is CC(C)NCC(O)COc1ccc(CCOCC2CC2)cc1.CN(C)c1ccc(O)c2c1C[C@H]1C[C@H]3[C@H](N(C)C)C(=O)C(C(N)=O)=C(O)[C@@]3(O)C(=O)C1=C2O. The smallest absolute Gasteiger partial charge is 0.255 e. The van der Waals surface area contributed by atoms with Crippen molar-refractivity contribution in [3.63, 3.8) is 0 Å². The zero-order chi connectivity index (χ0) is 40.4. The van der Waals surface area contributed by atoms with Crippen LogP contribution in [0.15, 0.2) is 53.3 Å². The van der Waals surface area contributed by atoms with Gasteiger partial charge in [-0.2, -0.15) is 0 Å². The van der Waals surface area contributed by atoms with Crippen LogP contribution < -0.4 is 20.7 Å². The zero-order valence-electron chi connectivity index (χ0n) is 32.5. The van der Waals surface area contributed by atoms with Gasteiger partial charge in [-0.15, -0.1) is 0 Å². The number of likely N-dealkylation sites (N-methyl/N-ethyl adjacent to an activating group) is 1. The van der Waals surface area contributed by atoms with E-state index in [2.05, 4.69) is 31.3 Å². The highest BCUT2D eigenvalue weighted by Gasteiger charge is 2.64. The number of anilines is 1. The number of nitrogens with one attached hydrogen (secondary N) is 1. The number of hydrogen-bond acceptors (Lipinski definition) is 13. The second-order valence-electron chi connectivity index (χ2n) is 15.8. The maximum Gasteiger partial charge on any atom is 0.255 e. The predicted molar refractivity (Wildman–Crippen MR) is 207 cm³/mol. The number of nitrogens with zero attached hydrogens (tertiary/aromatic N) is 2. The number of carbonyl (C=O) groups is 3. The van der Waals surface area contributed by atoms with Crippen LogP contribution in [0.2, 0.25) is 0 Å². The molecule has 2 saturated carbocycles. The van der Waals surface area contributed by atoms with Gasteiger partial charge in [0.25, 0.3) is 5.91 Å². The number of aliphatic hydroxyl groups excluding tert-OH is 3. The Morgan fingerprint density at radius 3 is 2.29 bits per heavy atom. The summed E-state index contributed by atoms with van der Waals surface area (Å²) in [5, 5.41) is 56.9. The maximum atomic E-state index is 13.7. The fraction of sp³-hybridized carbons (Fsp3) is 0.537. The van der Waals surface area contributed by atoms with Gasteiger partial charge >= 0.3 is 0 Å². The van der Waals surface area contributed by atoms with E-state index in [9.17, 15) is 39.9 Å². The Hall–Kier alpha value is -4.47. The topological polar surface area (TPSA) is 215 Å². The standard InChI is InChI=1S/C23H27N3O7.C18H29NO3/c1-25(2)12-5-6-13(27)15-10(12)7-9-8-11-17(26(3)4)19(29)16(22(24)32)21(31)23(11,33)20(30)14(9)18(15)28;1-14(2)19-11-17(20)13-22-18-7-5-15(6-8-18)9-10-21-12-16-3-4-16/h5-6,9,11,17,27-28,31,33H,7-8H2,1-4H3,(H2,24,32);5-8,14,16-17,19-20H,3-4,9-13H2,1-2H3/t9-,11-,17-,23-;/m0./s1. The van der Waals surface area contributed by atoms with E-state index in [4.69, 9.17) is 15.2 Å². The van der Waals surface area contributed by atoms with E-state index < -0.39 is 64.1 Å². The van der Waals surface area contributed by atoms with Crippen LogP contribution >= 0.6 is 0 Å². The first-order chi connectivity index (χ1) is 26.0. The number of phenols is 1. The van der Waals surface area contributed by atoms with Crippen LogP contribution in [0.3, 0.4) is 0 Å². The molecule has 6 rings (SSSR count). The van der Waals surface area contributed by atoms with Crippen molar-refractivity contribution in [2.24, 2.45) is 23.5 Å². The number of aromatic hydroxyl groups is 1. The van der Waals surface area contributed by atoms with Crippen LogP contribution in [-0.2, 0) is 32.0 Å². The van der Waals surface area contributed by atoms with Crippen molar-refractivity contribution in [3.05, 3.63) is 70.0 Å². The molecule has 14 nitrogen and oxygen atoms in total. The van der Waals surface area contributed by atoms with Crippen LogP contribution in [0.5, 0.6) is 11.5 Å². The third-order valence-corrected chi connectivity index (χ3v) is 10.8. The molecule has 0 heterocycles. The monoisotopic (exact) mass is 764 g/mol. The molecule has 300 valence electrons. The van der Waals surface area contributed by atoms with E-state index >= 15 is 0 Å². The first-order valence-corrected chi connectivity index (χ1v) is 18.8. The maximum absolute atomic E-state index is 13.7. The Balaban J connectivity index is 0.000000229. The second kappa shape index (κ2) is 17.1. The van der Waals surface area contributed by atoms with E-state index in [0.717, 1.165) is 37.0 Å². The van der Waals surface area contributed by atoms with Crippen molar-refractivity contribution < 1.29 is 49.4 Å². The number of aliphatic hydroxyl groups is 4. The van der Waals surface area contributed by atoms with Crippen molar-refractivity contribution >= 4 is 28.9 Å². The molecule has 8 N–H and O–H groups in total. The molecule has 2 aromatic carbocycles. The summed E-state index contributed by atoms with van der Waals surface area (Å²) < 4.78 is 11.2. The Morgan fingerprint density at radius 1 is 1.04 bits per heavy atom. The molecule has 0 aromatic heterocycles. The lowest BCUT2D eigenvalue weighted by molar-refractivity contribution is -0.153. The molecule has 55 heavy (non-hydrogen) atoms. The fourth-order valence-corrected chi connectivity index (χ4v) is 7.75. The van der Waals surface area contributed by atoms with Crippen molar-refractivity contribution in [1.82, 2.24) is 10.2 Å². The third-order valence-electron chi connectivity index (χ3n) is 10.8. The van der Waals surface area contributed by atoms with Crippen LogP contribution in [0.4, 0.5) is 5.69 Å². The van der Waals surface area contributed by atoms with Gasteiger partial charge in [-0.1, -0.05) is 26.0 Å². The molecule has 14 heteroatoms. The molecule has 2 aromatic rings. The second-order valence-corrected chi connectivity index (χ2v) is 15.8. The summed E-state index contributed by atoms with van der Waals surface area (Å²) in [7, 11) is 6.75. The average Bonchev–Trinajstić information content (AvgIpc) is 3.95. The molecule has 0 aliphatic heterocycles. The number of benzene rings is 2. The minimum atomic E-state index is -2.63. The Bertz CT molecular complexity index is 1820. The van der Waals surface area contributed by atoms with Gasteiger partial charge < -0.3 is 51.0 Å². The highest BCUT2D eigenvalue weighted by molar-refractivity contribution is 6.24. The van der Waals surface area contributed by atoms with Gasteiger partial charge in [-0.05, 0) is 93.4 Å². The number of rotatable bonds is 14. The predicted octanol–water partition coefficient (Wildman–Crippen LogP) is 2.42. The van der Waals surface area contributed by atoms with Gasteiger partial charge in [0.15, 0.2) is 11.4 Å². The Labute approximate surface area is 322 Å². The molecule has 0 radical (unpaired) electrons. The molecule has 5 atom stereocenters. The van der Waals surface area contributed by atoms with Gasteiger partial charge in [0.2, 0.25) is 5.78 Å². The molecule has 4 aliphatic carbocycles. The lowest BCUT2D eigenvalue weighted by Crippen LogP contribution is -2.65. The molecule has 0 bridgehead atoms. The number of primary amides is 1. The fourth-order valence-electron chi connectivity index (χ4n) is 7.75. The minimum absolute atomic E-state index is 0.0638. The van der Waals surface area contributed by atoms with Gasteiger partial charge in [0.05, 0.1) is 18.2 Å². The van der Waals surface area contributed by atoms with E-state index in [0.29, 0.717) is 24.8 Å². The van der Waals surface area contributed by atoms with Crippen LogP contribution in [0.1, 0.15) is 49.8 Å². The van der Waals surface area contributed by atoms with Crippen LogP contribution in [-0.4, -0.2) is 126 Å². The first-order valence-electron chi connectivity index (χ1n) is 18.8. The lowest BCUT2D eigenvalue weighted by Gasteiger charge is -2.50. The van der Waals surface area contributed by atoms with Crippen molar-refractivity contribution in [2.75, 3.05) is 59.5 Å². The number of Topliss-reactive ketones (excluding diaryl/α,β-unsaturated/α-hetero) is 2. The molecule has 2 fully saturated rings. The van der Waals surface area contributed by atoms with Crippen molar-refractivity contribution in [3.8, 4) is 11.5 Å². The number of fused-ring (bicyclic) bond motifs is 3. The largest absolute Gasteiger partial charge is 0.508 e. The molecule has 0 saturated heterocycles. The summed E-state index contributed by atoms with van der Waals surface area (Å²) >= 11 is 0. The first kappa shape index (κ1) is 41.7. The van der Waals surface area contributed by atoms with Crippen LogP contribution in [0, 0.1) is 17.8 Å². The summed E-state index contributed by atoms with van der Waals surface area (Å²) in [6.45, 7) is 6.68. The van der Waals surface area contributed by atoms with Gasteiger partial charge in [0, 0.05) is 50.5 Å². The van der Waals surface area contributed by atoms with Crippen molar-refractivity contribution in [1.29, 1.82) is 0 Å². The zero-order valence-corrected chi connectivity index (χ0v) is 32.5. The lowest BCUT2D eigenvalue weighted by atomic mass is 9.57. The molecule has 0 spiro atoms.